The van der Waals surface area contributed by atoms with Crippen molar-refractivity contribution in [3.8, 4) is 0 Å². The lowest BCUT2D eigenvalue weighted by Crippen LogP contribution is -2.85. The second-order valence-corrected chi connectivity index (χ2v) is 9.82. The number of aliphatic hydroxyl groups is 5. The van der Waals surface area contributed by atoms with Crippen molar-refractivity contribution < 1.29 is 44.6 Å². The molecule has 0 unspecified atom stereocenters. The molecule has 9 nitrogen and oxygen atoms in total. The van der Waals surface area contributed by atoms with Gasteiger partial charge in [0.15, 0.2) is 5.78 Å². The van der Waals surface area contributed by atoms with Gasteiger partial charge in [0.05, 0.1) is 30.7 Å². The van der Waals surface area contributed by atoms with E-state index in [9.17, 15) is 35.1 Å². The Bertz CT molecular complexity index is 855. The van der Waals surface area contributed by atoms with Gasteiger partial charge < -0.3 is 35.0 Å². The SMILES string of the molecule is CC1=CC(=O)[C@@H](O)[C@@]2(C)[C@H]1[C@@H](O)[C@H]1OC(=O)C[C@]3(O)[C@@]14CO[C@]3(C)[C@@H](O)[C@H](O)[C@H]24. The monoisotopic (exact) mass is 410 g/mol. The molecule has 2 bridgehead atoms. The molecule has 5 aliphatic rings. The second kappa shape index (κ2) is 5.27. The Morgan fingerprint density at radius 3 is 2.41 bits per heavy atom. The zero-order valence-corrected chi connectivity index (χ0v) is 16.4. The van der Waals surface area contributed by atoms with Crippen LogP contribution in [0, 0.1) is 22.7 Å². The van der Waals surface area contributed by atoms with E-state index in [1.54, 1.807) is 13.8 Å². The molecule has 0 aromatic heterocycles. The lowest BCUT2D eigenvalue weighted by molar-refractivity contribution is -0.346. The van der Waals surface area contributed by atoms with E-state index in [1.807, 2.05) is 0 Å². The molecule has 0 radical (unpaired) electrons. The van der Waals surface area contributed by atoms with Crippen LogP contribution in [-0.4, -0.2) is 85.6 Å². The van der Waals surface area contributed by atoms with E-state index in [4.69, 9.17) is 9.47 Å². The molecule has 29 heavy (non-hydrogen) atoms. The quantitative estimate of drug-likeness (QED) is 0.287. The topological polar surface area (TPSA) is 154 Å². The Kier molecular flexibility index (Phi) is 3.56. The van der Waals surface area contributed by atoms with Gasteiger partial charge >= 0.3 is 5.97 Å². The van der Waals surface area contributed by atoms with Crippen LogP contribution < -0.4 is 0 Å². The number of carbonyl (C=O) groups excluding carboxylic acids is 2. The average Bonchev–Trinajstić information content (AvgIpc) is 2.81. The van der Waals surface area contributed by atoms with Crippen LogP contribution in [0.4, 0.5) is 0 Å². The van der Waals surface area contributed by atoms with E-state index in [2.05, 4.69) is 0 Å². The lowest BCUT2D eigenvalue weighted by Gasteiger charge is -2.70. The third-order valence-electron chi connectivity index (χ3n) is 8.86. The molecule has 2 saturated carbocycles. The third kappa shape index (κ3) is 1.73. The van der Waals surface area contributed by atoms with E-state index in [-0.39, 0.29) is 6.61 Å². The van der Waals surface area contributed by atoms with E-state index >= 15 is 0 Å². The molecule has 0 aromatic rings. The number of ether oxygens (including phenoxy) is 2. The lowest BCUT2D eigenvalue weighted by atomic mass is 9.36. The van der Waals surface area contributed by atoms with Crippen molar-refractivity contribution in [1.82, 2.24) is 0 Å². The van der Waals surface area contributed by atoms with Gasteiger partial charge in [-0.15, -0.1) is 0 Å². The summed E-state index contributed by atoms with van der Waals surface area (Å²) in [5.41, 5.74) is -6.10. The number of carbonyl (C=O) groups is 2. The summed E-state index contributed by atoms with van der Waals surface area (Å²) in [4.78, 5) is 25.0. The van der Waals surface area contributed by atoms with E-state index in [0.717, 1.165) is 0 Å². The highest BCUT2D eigenvalue weighted by molar-refractivity contribution is 5.96. The van der Waals surface area contributed by atoms with E-state index in [1.165, 1.54) is 13.0 Å². The van der Waals surface area contributed by atoms with Crippen molar-refractivity contribution in [2.45, 2.75) is 68.9 Å². The second-order valence-electron chi connectivity index (χ2n) is 9.82. The standard InChI is InChI=1S/C20H26O9/c1-7-4-8(21)14(25)17(2)10(7)11(23)16-19-6-28-18(3,15(26)12(24)13(17)19)20(19,27)5-9(22)29-16/h4,10-16,23-27H,5-6H2,1-3H3/t10-,11-,12-,13-,14-,15+,16-,17+,18-,19-,20-/m1/s1. The normalized spacial score (nSPS) is 60.8. The van der Waals surface area contributed by atoms with Crippen LogP contribution in [-0.2, 0) is 19.1 Å². The summed E-state index contributed by atoms with van der Waals surface area (Å²) in [5.74, 6) is -3.24. The molecule has 2 aliphatic heterocycles. The molecule has 2 heterocycles. The minimum absolute atomic E-state index is 0.209. The summed E-state index contributed by atoms with van der Waals surface area (Å²) >= 11 is 0. The maximum Gasteiger partial charge on any atom is 0.309 e. The van der Waals surface area contributed by atoms with E-state index < -0.39 is 82.6 Å². The molecule has 3 aliphatic carbocycles. The maximum atomic E-state index is 12.5. The number of esters is 1. The van der Waals surface area contributed by atoms with Gasteiger partial charge in [-0.1, -0.05) is 12.5 Å². The third-order valence-corrected chi connectivity index (χ3v) is 8.86. The van der Waals surface area contributed by atoms with Crippen LogP contribution in [0.1, 0.15) is 27.2 Å². The Morgan fingerprint density at radius 2 is 1.76 bits per heavy atom. The molecule has 0 amide bonds. The zero-order valence-electron chi connectivity index (χ0n) is 16.4. The van der Waals surface area contributed by atoms with Gasteiger partial charge in [-0.25, -0.2) is 0 Å². The first-order valence-corrected chi connectivity index (χ1v) is 9.88. The number of hydrogen-bond acceptors (Lipinski definition) is 9. The highest BCUT2D eigenvalue weighted by Gasteiger charge is 2.87. The van der Waals surface area contributed by atoms with Crippen molar-refractivity contribution >= 4 is 11.8 Å². The van der Waals surface area contributed by atoms with Gasteiger partial charge in [-0.05, 0) is 19.9 Å². The molecule has 4 fully saturated rings. The van der Waals surface area contributed by atoms with Gasteiger partial charge in [-0.3, -0.25) is 9.59 Å². The van der Waals surface area contributed by atoms with Crippen molar-refractivity contribution in [3.63, 3.8) is 0 Å². The minimum Gasteiger partial charge on any atom is -0.459 e. The van der Waals surface area contributed by atoms with Crippen molar-refractivity contribution in [2.24, 2.45) is 22.7 Å². The molecular formula is C20H26O9. The molecule has 1 spiro atoms. The first kappa shape index (κ1) is 19.6. The molecule has 11 atom stereocenters. The van der Waals surface area contributed by atoms with Gasteiger partial charge in [0, 0.05) is 17.3 Å². The largest absolute Gasteiger partial charge is 0.459 e. The Hall–Kier alpha value is -1.36. The van der Waals surface area contributed by atoms with Crippen molar-refractivity contribution in [1.29, 1.82) is 0 Å². The van der Waals surface area contributed by atoms with Crippen LogP contribution in [0.5, 0.6) is 0 Å². The summed E-state index contributed by atoms with van der Waals surface area (Å²) in [7, 11) is 0. The summed E-state index contributed by atoms with van der Waals surface area (Å²) in [6.07, 6.45) is -6.48. The molecular weight excluding hydrogens is 384 g/mol. The van der Waals surface area contributed by atoms with Crippen LogP contribution >= 0.6 is 0 Å². The van der Waals surface area contributed by atoms with Gasteiger partial charge in [0.2, 0.25) is 0 Å². The summed E-state index contributed by atoms with van der Waals surface area (Å²) in [5, 5.41) is 56.4. The summed E-state index contributed by atoms with van der Waals surface area (Å²) < 4.78 is 11.4. The fourth-order valence-corrected chi connectivity index (χ4v) is 7.63. The molecule has 5 rings (SSSR count). The number of fused-ring (bicyclic) bond motifs is 2. The molecule has 9 heteroatoms. The fraction of sp³-hybridized carbons (Fsp3) is 0.800. The fourth-order valence-electron chi connectivity index (χ4n) is 7.63. The zero-order chi connectivity index (χ0) is 21.3. The van der Waals surface area contributed by atoms with Crippen LogP contribution in [0.25, 0.3) is 0 Å². The predicted octanol–water partition coefficient (Wildman–Crippen LogP) is -1.95. The number of ketones is 1. The molecule has 0 aromatic carbocycles. The number of rotatable bonds is 0. The van der Waals surface area contributed by atoms with Gasteiger partial charge in [-0.2, -0.15) is 0 Å². The van der Waals surface area contributed by atoms with Crippen LogP contribution in [0.15, 0.2) is 11.6 Å². The minimum atomic E-state index is -1.96. The average molecular weight is 410 g/mol. The molecule has 160 valence electrons. The molecule has 2 saturated heterocycles. The highest BCUT2D eigenvalue weighted by Crippen LogP contribution is 2.73. The first-order valence-electron chi connectivity index (χ1n) is 9.88. The van der Waals surface area contributed by atoms with Gasteiger partial charge in [0.25, 0.3) is 0 Å². The number of hydrogen-bond donors (Lipinski definition) is 5. The Morgan fingerprint density at radius 1 is 1.10 bits per heavy atom. The Labute approximate surface area is 166 Å². The van der Waals surface area contributed by atoms with Crippen molar-refractivity contribution in [2.75, 3.05) is 6.61 Å². The predicted molar refractivity (Wildman–Crippen MR) is 94.1 cm³/mol. The van der Waals surface area contributed by atoms with Crippen LogP contribution in [0.3, 0.4) is 0 Å². The Balaban J connectivity index is 1.84. The molecule has 5 N–H and O–H groups in total. The summed E-state index contributed by atoms with van der Waals surface area (Å²) in [6.45, 7) is 4.42. The number of aliphatic hydroxyl groups excluding tert-OH is 4. The van der Waals surface area contributed by atoms with Gasteiger partial charge in [0.1, 0.15) is 29.5 Å². The van der Waals surface area contributed by atoms with Crippen molar-refractivity contribution in [3.05, 3.63) is 11.6 Å². The smallest absolute Gasteiger partial charge is 0.309 e. The van der Waals surface area contributed by atoms with E-state index in [0.29, 0.717) is 5.57 Å². The maximum absolute atomic E-state index is 12.5. The first-order chi connectivity index (χ1) is 13.4. The van der Waals surface area contributed by atoms with Crippen LogP contribution in [0.2, 0.25) is 0 Å². The summed E-state index contributed by atoms with van der Waals surface area (Å²) in [6, 6.07) is 0. The highest BCUT2D eigenvalue weighted by atomic mass is 16.6.